The number of anilines is 2. The lowest BCUT2D eigenvalue weighted by atomic mass is 10.2. The number of benzene rings is 2. The molecule has 0 aliphatic carbocycles. The number of aryl methyl sites for hydroxylation is 1. The van der Waals surface area contributed by atoms with Crippen LogP contribution in [0.5, 0.6) is 0 Å². The van der Waals surface area contributed by atoms with E-state index in [0.29, 0.717) is 5.69 Å². The van der Waals surface area contributed by atoms with Gasteiger partial charge in [-0.25, -0.2) is 0 Å². The van der Waals surface area contributed by atoms with Gasteiger partial charge in [0.25, 0.3) is 5.69 Å². The number of likely N-dealkylation sites (N-methyl/N-ethyl adjacent to an activating group) is 1. The van der Waals surface area contributed by atoms with E-state index in [4.69, 9.17) is 11.6 Å². The topological polar surface area (TPSA) is 105 Å². The standard InChI is InChI=1S/C18H18BrClN4O4/c1-11-7-12(19)3-5-14(11)21-17(25)9-23(2)10-18(26)22-15-6-4-13(20)8-16(15)24(27)28/h3-8H,9-10H2,1-2H3,(H,21,25)(H,22,26). The van der Waals surface area contributed by atoms with Crippen LogP contribution in [0.15, 0.2) is 40.9 Å². The lowest BCUT2D eigenvalue weighted by Crippen LogP contribution is -2.36. The Morgan fingerprint density at radius 2 is 1.68 bits per heavy atom. The minimum absolute atomic E-state index is 0.0222. The molecule has 2 rings (SSSR count). The molecule has 0 saturated heterocycles. The zero-order valence-corrected chi connectivity index (χ0v) is 17.5. The number of amides is 2. The third kappa shape index (κ3) is 6.29. The molecular formula is C18H18BrClN4O4. The fourth-order valence-electron chi connectivity index (χ4n) is 2.45. The van der Waals surface area contributed by atoms with Gasteiger partial charge in [0.15, 0.2) is 0 Å². The molecule has 8 nitrogen and oxygen atoms in total. The van der Waals surface area contributed by atoms with Crippen molar-refractivity contribution in [2.45, 2.75) is 6.92 Å². The third-order valence-corrected chi connectivity index (χ3v) is 4.45. The molecule has 2 amide bonds. The van der Waals surface area contributed by atoms with Crippen molar-refractivity contribution in [2.75, 3.05) is 30.8 Å². The Morgan fingerprint density at radius 3 is 2.25 bits per heavy atom. The van der Waals surface area contributed by atoms with Crippen LogP contribution in [0.4, 0.5) is 17.1 Å². The summed E-state index contributed by atoms with van der Waals surface area (Å²) < 4.78 is 0.910. The quantitative estimate of drug-likeness (QED) is 0.474. The second-order valence-corrected chi connectivity index (χ2v) is 7.50. The average Bonchev–Trinajstić information content (AvgIpc) is 2.58. The van der Waals surface area contributed by atoms with Crippen LogP contribution in [0.2, 0.25) is 5.02 Å². The highest BCUT2D eigenvalue weighted by Crippen LogP contribution is 2.27. The molecule has 0 heterocycles. The minimum atomic E-state index is -0.626. The molecule has 0 atom stereocenters. The Bertz CT molecular complexity index is 922. The molecule has 0 radical (unpaired) electrons. The van der Waals surface area contributed by atoms with Gasteiger partial charge in [-0.2, -0.15) is 0 Å². The second kappa shape index (κ2) is 9.63. The number of carbonyl (C=O) groups is 2. The van der Waals surface area contributed by atoms with Gasteiger partial charge in [-0.1, -0.05) is 27.5 Å². The van der Waals surface area contributed by atoms with E-state index in [2.05, 4.69) is 26.6 Å². The molecule has 2 N–H and O–H groups in total. The van der Waals surface area contributed by atoms with Crippen molar-refractivity contribution in [3.63, 3.8) is 0 Å². The molecule has 0 fully saturated rings. The summed E-state index contributed by atoms with van der Waals surface area (Å²) in [6.07, 6.45) is 0. The number of rotatable bonds is 7. The van der Waals surface area contributed by atoms with Crippen molar-refractivity contribution in [3.8, 4) is 0 Å². The van der Waals surface area contributed by atoms with Gasteiger partial charge >= 0.3 is 0 Å². The van der Waals surface area contributed by atoms with Gasteiger partial charge < -0.3 is 10.6 Å². The normalized spacial score (nSPS) is 10.6. The first kappa shape index (κ1) is 21.8. The van der Waals surface area contributed by atoms with Crippen molar-refractivity contribution >= 4 is 56.4 Å². The SMILES string of the molecule is Cc1cc(Br)ccc1NC(=O)CN(C)CC(=O)Nc1ccc(Cl)cc1[N+](=O)[O-]. The van der Waals surface area contributed by atoms with Crippen LogP contribution in [0, 0.1) is 17.0 Å². The molecule has 0 spiro atoms. The Morgan fingerprint density at radius 1 is 1.11 bits per heavy atom. The van der Waals surface area contributed by atoms with Crippen LogP contribution < -0.4 is 10.6 Å². The fourth-order valence-corrected chi connectivity index (χ4v) is 3.10. The zero-order valence-electron chi connectivity index (χ0n) is 15.2. The summed E-state index contributed by atoms with van der Waals surface area (Å²) in [5.74, 6) is -0.765. The van der Waals surface area contributed by atoms with E-state index in [-0.39, 0.29) is 35.4 Å². The van der Waals surface area contributed by atoms with Crippen molar-refractivity contribution in [3.05, 3.63) is 61.6 Å². The van der Waals surface area contributed by atoms with Gasteiger partial charge in [0, 0.05) is 21.2 Å². The number of nitrogens with zero attached hydrogens (tertiary/aromatic N) is 2. The smallest absolute Gasteiger partial charge is 0.294 e. The summed E-state index contributed by atoms with van der Waals surface area (Å²) in [5.41, 5.74) is 1.33. The summed E-state index contributed by atoms with van der Waals surface area (Å²) in [6.45, 7) is 1.73. The summed E-state index contributed by atoms with van der Waals surface area (Å²) in [5, 5.41) is 16.5. The molecule has 148 valence electrons. The van der Waals surface area contributed by atoms with Crippen LogP contribution in [0.3, 0.4) is 0 Å². The highest BCUT2D eigenvalue weighted by Gasteiger charge is 2.18. The van der Waals surface area contributed by atoms with Crippen LogP contribution in [-0.4, -0.2) is 41.8 Å². The summed E-state index contributed by atoms with van der Waals surface area (Å²) >= 11 is 9.11. The molecule has 0 aliphatic heterocycles. The van der Waals surface area contributed by atoms with Gasteiger partial charge in [0.2, 0.25) is 11.8 Å². The lowest BCUT2D eigenvalue weighted by molar-refractivity contribution is -0.383. The number of hydrogen-bond acceptors (Lipinski definition) is 5. The fraction of sp³-hybridized carbons (Fsp3) is 0.222. The Balaban J connectivity index is 1.92. The maximum atomic E-state index is 12.2. The molecule has 28 heavy (non-hydrogen) atoms. The highest BCUT2D eigenvalue weighted by molar-refractivity contribution is 9.10. The van der Waals surface area contributed by atoms with E-state index in [1.807, 2.05) is 19.1 Å². The molecule has 0 aromatic heterocycles. The number of nitro benzene ring substituents is 1. The van der Waals surface area contributed by atoms with E-state index in [1.165, 1.54) is 17.0 Å². The summed E-state index contributed by atoms with van der Waals surface area (Å²) in [7, 11) is 1.60. The Kier molecular flexibility index (Phi) is 7.50. The van der Waals surface area contributed by atoms with Gasteiger partial charge in [0.05, 0.1) is 18.0 Å². The molecule has 0 unspecified atom stereocenters. The average molecular weight is 470 g/mol. The Labute approximate surface area is 175 Å². The molecular weight excluding hydrogens is 452 g/mol. The molecule has 0 saturated carbocycles. The maximum absolute atomic E-state index is 12.2. The number of nitrogens with one attached hydrogen (secondary N) is 2. The van der Waals surface area contributed by atoms with Crippen LogP contribution in [0.1, 0.15) is 5.56 Å². The molecule has 2 aromatic carbocycles. The van der Waals surface area contributed by atoms with Gasteiger partial charge in [-0.15, -0.1) is 0 Å². The van der Waals surface area contributed by atoms with E-state index >= 15 is 0 Å². The van der Waals surface area contributed by atoms with Gasteiger partial charge in [-0.05, 0) is 49.9 Å². The largest absolute Gasteiger partial charge is 0.325 e. The first-order chi connectivity index (χ1) is 13.2. The van der Waals surface area contributed by atoms with Crippen molar-refractivity contribution in [1.82, 2.24) is 4.90 Å². The highest BCUT2D eigenvalue weighted by atomic mass is 79.9. The van der Waals surface area contributed by atoms with Crippen LogP contribution in [-0.2, 0) is 9.59 Å². The lowest BCUT2D eigenvalue weighted by Gasteiger charge is -2.16. The molecule has 0 aliphatic rings. The summed E-state index contributed by atoms with van der Waals surface area (Å²) in [4.78, 5) is 36.3. The first-order valence-electron chi connectivity index (χ1n) is 8.14. The molecule has 10 heteroatoms. The zero-order chi connectivity index (χ0) is 20.8. The van der Waals surface area contributed by atoms with E-state index in [0.717, 1.165) is 16.1 Å². The second-order valence-electron chi connectivity index (χ2n) is 6.15. The van der Waals surface area contributed by atoms with E-state index in [9.17, 15) is 19.7 Å². The third-order valence-electron chi connectivity index (χ3n) is 3.72. The Hall–Kier alpha value is -2.49. The van der Waals surface area contributed by atoms with E-state index in [1.54, 1.807) is 13.1 Å². The maximum Gasteiger partial charge on any atom is 0.294 e. The van der Waals surface area contributed by atoms with Gasteiger partial charge in [0.1, 0.15) is 5.69 Å². The van der Waals surface area contributed by atoms with Crippen LogP contribution >= 0.6 is 27.5 Å². The number of carbonyl (C=O) groups excluding carboxylic acids is 2. The molecule has 0 bridgehead atoms. The predicted molar refractivity (Wildman–Crippen MR) is 112 cm³/mol. The summed E-state index contributed by atoms with van der Waals surface area (Å²) in [6, 6.07) is 9.45. The van der Waals surface area contributed by atoms with Crippen LogP contribution in [0.25, 0.3) is 0 Å². The van der Waals surface area contributed by atoms with Gasteiger partial charge in [-0.3, -0.25) is 24.6 Å². The van der Waals surface area contributed by atoms with Crippen molar-refractivity contribution in [2.24, 2.45) is 0 Å². The van der Waals surface area contributed by atoms with Crippen molar-refractivity contribution < 1.29 is 14.5 Å². The number of halogens is 2. The molecule has 2 aromatic rings. The number of nitro groups is 1. The predicted octanol–water partition coefficient (Wildman–Crippen LogP) is 3.83. The monoisotopic (exact) mass is 468 g/mol. The minimum Gasteiger partial charge on any atom is -0.325 e. The van der Waals surface area contributed by atoms with E-state index < -0.39 is 10.8 Å². The number of hydrogen-bond donors (Lipinski definition) is 2. The first-order valence-corrected chi connectivity index (χ1v) is 9.31. The van der Waals surface area contributed by atoms with Crippen molar-refractivity contribution in [1.29, 1.82) is 0 Å².